The number of hydrogen-bond donors (Lipinski definition) is 2. The van der Waals surface area contributed by atoms with Gasteiger partial charge in [0.1, 0.15) is 0 Å². The Kier molecular flexibility index (Phi) is 7.20. The van der Waals surface area contributed by atoms with Gasteiger partial charge >= 0.3 is 5.97 Å². The molecule has 4 nitrogen and oxygen atoms in total. The Labute approximate surface area is 208 Å². The Bertz CT molecular complexity index is 1330. The molecule has 3 aromatic rings. The maximum Gasteiger partial charge on any atom is 0.335 e. The summed E-state index contributed by atoms with van der Waals surface area (Å²) in [5.74, 6) is -1.07. The van der Waals surface area contributed by atoms with Crippen LogP contribution in [0.1, 0.15) is 49.7 Å². The van der Waals surface area contributed by atoms with Crippen LogP contribution >= 0.6 is 23.2 Å². The van der Waals surface area contributed by atoms with Gasteiger partial charge < -0.3 is 10.4 Å². The number of benzene rings is 3. The summed E-state index contributed by atoms with van der Waals surface area (Å²) in [6.45, 7) is 2.04. The first-order valence-corrected chi connectivity index (χ1v) is 11.6. The van der Waals surface area contributed by atoms with Crippen molar-refractivity contribution in [2.45, 2.75) is 25.8 Å². The quantitative estimate of drug-likeness (QED) is 0.385. The first-order valence-electron chi connectivity index (χ1n) is 10.9. The van der Waals surface area contributed by atoms with E-state index in [1.165, 1.54) is 0 Å². The summed E-state index contributed by atoms with van der Waals surface area (Å²) in [6, 6.07) is 18.4. The fourth-order valence-corrected chi connectivity index (χ4v) is 4.47. The number of carboxylic acids is 1. The third-order valence-corrected chi connectivity index (χ3v) is 6.55. The van der Waals surface area contributed by atoms with E-state index in [-0.39, 0.29) is 23.9 Å². The van der Waals surface area contributed by atoms with Gasteiger partial charge in [0.25, 0.3) is 5.91 Å². The van der Waals surface area contributed by atoms with Crippen molar-refractivity contribution in [1.29, 1.82) is 0 Å². The number of halogens is 2. The van der Waals surface area contributed by atoms with Gasteiger partial charge in [-0.05, 0) is 65.4 Å². The number of amides is 1. The van der Waals surface area contributed by atoms with E-state index in [0.29, 0.717) is 16.1 Å². The second-order valence-electron chi connectivity index (χ2n) is 8.20. The van der Waals surface area contributed by atoms with E-state index >= 15 is 0 Å². The molecule has 1 aliphatic carbocycles. The molecule has 0 aliphatic heterocycles. The van der Waals surface area contributed by atoms with E-state index in [0.717, 1.165) is 33.7 Å². The van der Waals surface area contributed by atoms with Crippen LogP contribution in [0.3, 0.4) is 0 Å². The summed E-state index contributed by atoms with van der Waals surface area (Å²) in [6.07, 6.45) is 6.66. The first kappa shape index (κ1) is 23.8. The minimum Gasteiger partial charge on any atom is -0.478 e. The molecule has 34 heavy (non-hydrogen) atoms. The molecule has 0 spiro atoms. The van der Waals surface area contributed by atoms with Gasteiger partial charge in [-0.3, -0.25) is 4.79 Å². The molecule has 6 heteroatoms. The van der Waals surface area contributed by atoms with Crippen molar-refractivity contribution in [3.8, 4) is 11.1 Å². The predicted molar refractivity (Wildman–Crippen MR) is 137 cm³/mol. The summed E-state index contributed by atoms with van der Waals surface area (Å²) >= 11 is 12.5. The second-order valence-corrected chi connectivity index (χ2v) is 9.05. The molecule has 2 N–H and O–H groups in total. The number of nitrogens with one attached hydrogen (secondary N) is 1. The van der Waals surface area contributed by atoms with Gasteiger partial charge in [0.2, 0.25) is 0 Å². The van der Waals surface area contributed by atoms with Gasteiger partial charge in [-0.25, -0.2) is 4.79 Å². The summed E-state index contributed by atoms with van der Waals surface area (Å²) in [5.41, 5.74) is 4.90. The standard InChI is InChI=1S/C28H23Cl2NO3/c1-17-6-7-20(14-25(17)28(33)34)23-5-3-2-4-21(23)16-31-27(32)24-13-10-19(15-26(24)30)18-8-11-22(29)12-9-18/h2-8,10-15,18H,9,16H2,1H3,(H,31,32)(H,33,34). The highest BCUT2D eigenvalue weighted by Crippen LogP contribution is 2.31. The van der Waals surface area contributed by atoms with E-state index in [1.54, 1.807) is 25.1 Å². The number of carbonyl (C=O) groups excluding carboxylic acids is 1. The van der Waals surface area contributed by atoms with Crippen LogP contribution in [0.15, 0.2) is 83.9 Å². The smallest absolute Gasteiger partial charge is 0.335 e. The average molecular weight is 492 g/mol. The minimum absolute atomic E-state index is 0.175. The van der Waals surface area contributed by atoms with Crippen LogP contribution in [-0.4, -0.2) is 17.0 Å². The average Bonchev–Trinajstić information content (AvgIpc) is 2.83. The molecule has 4 rings (SSSR count). The summed E-state index contributed by atoms with van der Waals surface area (Å²) < 4.78 is 0. The highest BCUT2D eigenvalue weighted by molar-refractivity contribution is 6.34. The Morgan fingerprint density at radius 3 is 2.53 bits per heavy atom. The van der Waals surface area contributed by atoms with Crippen LogP contribution in [0.2, 0.25) is 5.02 Å². The van der Waals surface area contributed by atoms with Crippen LogP contribution in [0.25, 0.3) is 11.1 Å². The van der Waals surface area contributed by atoms with Gasteiger partial charge in [0.15, 0.2) is 0 Å². The van der Waals surface area contributed by atoms with Gasteiger partial charge in [-0.15, -0.1) is 0 Å². The van der Waals surface area contributed by atoms with E-state index < -0.39 is 5.97 Å². The monoisotopic (exact) mass is 491 g/mol. The normalized spacial score (nSPS) is 15.0. The van der Waals surface area contributed by atoms with Gasteiger partial charge in [0.05, 0.1) is 16.1 Å². The number of rotatable bonds is 6. The van der Waals surface area contributed by atoms with Crippen LogP contribution in [0.5, 0.6) is 0 Å². The van der Waals surface area contributed by atoms with Crippen molar-refractivity contribution < 1.29 is 14.7 Å². The lowest BCUT2D eigenvalue weighted by Gasteiger charge is -2.16. The summed E-state index contributed by atoms with van der Waals surface area (Å²) in [4.78, 5) is 24.4. The molecule has 1 unspecified atom stereocenters. The van der Waals surface area contributed by atoms with E-state index in [4.69, 9.17) is 23.2 Å². The molecule has 1 aliphatic rings. The zero-order chi connectivity index (χ0) is 24.2. The Balaban J connectivity index is 1.51. The molecule has 0 fully saturated rings. The molecule has 3 aromatic carbocycles. The maximum atomic E-state index is 12.9. The topological polar surface area (TPSA) is 66.4 Å². The van der Waals surface area contributed by atoms with Gasteiger partial charge in [-0.2, -0.15) is 0 Å². The predicted octanol–water partition coefficient (Wildman–Crippen LogP) is 7.11. The van der Waals surface area contributed by atoms with Crippen LogP contribution in [-0.2, 0) is 6.54 Å². The highest BCUT2D eigenvalue weighted by Gasteiger charge is 2.16. The number of allylic oxidation sites excluding steroid dienone is 4. The van der Waals surface area contributed by atoms with E-state index in [2.05, 4.69) is 5.32 Å². The van der Waals surface area contributed by atoms with E-state index in [1.807, 2.05) is 60.7 Å². The molecule has 0 heterocycles. The number of hydrogen-bond acceptors (Lipinski definition) is 2. The van der Waals surface area contributed by atoms with Crippen LogP contribution < -0.4 is 5.32 Å². The van der Waals surface area contributed by atoms with Crippen molar-refractivity contribution in [1.82, 2.24) is 5.32 Å². The fraction of sp³-hybridized carbons (Fsp3) is 0.143. The highest BCUT2D eigenvalue weighted by atomic mass is 35.5. The Morgan fingerprint density at radius 1 is 1.03 bits per heavy atom. The van der Waals surface area contributed by atoms with Crippen molar-refractivity contribution >= 4 is 35.1 Å². The zero-order valence-corrected chi connectivity index (χ0v) is 20.0. The lowest BCUT2D eigenvalue weighted by molar-refractivity contribution is 0.0696. The molecule has 0 aromatic heterocycles. The summed E-state index contributed by atoms with van der Waals surface area (Å²) in [7, 11) is 0. The Morgan fingerprint density at radius 2 is 1.82 bits per heavy atom. The molecule has 172 valence electrons. The molecule has 0 saturated carbocycles. The molecule has 0 bridgehead atoms. The molecular weight excluding hydrogens is 469 g/mol. The number of carboxylic acid groups (broad SMARTS) is 1. The van der Waals surface area contributed by atoms with E-state index in [9.17, 15) is 14.7 Å². The number of aryl methyl sites for hydroxylation is 1. The van der Waals surface area contributed by atoms with Crippen LogP contribution in [0.4, 0.5) is 0 Å². The molecule has 0 saturated heterocycles. The number of aromatic carboxylic acids is 1. The summed E-state index contributed by atoms with van der Waals surface area (Å²) in [5, 5.41) is 13.5. The fourth-order valence-electron chi connectivity index (χ4n) is 4.03. The third-order valence-electron chi connectivity index (χ3n) is 5.96. The largest absolute Gasteiger partial charge is 0.478 e. The van der Waals surface area contributed by atoms with Crippen molar-refractivity contribution in [3.05, 3.63) is 117 Å². The zero-order valence-electron chi connectivity index (χ0n) is 18.5. The molecule has 0 radical (unpaired) electrons. The third kappa shape index (κ3) is 5.24. The van der Waals surface area contributed by atoms with Gasteiger partial charge in [-0.1, -0.05) is 77.8 Å². The lowest BCUT2D eigenvalue weighted by Crippen LogP contribution is -2.23. The first-order chi connectivity index (χ1) is 16.3. The number of carbonyl (C=O) groups is 2. The molecule has 1 atom stereocenters. The van der Waals surface area contributed by atoms with Crippen molar-refractivity contribution in [3.63, 3.8) is 0 Å². The van der Waals surface area contributed by atoms with Gasteiger partial charge in [0, 0.05) is 17.5 Å². The van der Waals surface area contributed by atoms with Crippen molar-refractivity contribution in [2.75, 3.05) is 0 Å². The minimum atomic E-state index is -0.967. The second kappa shape index (κ2) is 10.3. The lowest BCUT2D eigenvalue weighted by atomic mass is 9.92. The Hall–Kier alpha value is -3.34. The van der Waals surface area contributed by atoms with Crippen LogP contribution in [0, 0.1) is 6.92 Å². The molecular formula is C28H23Cl2NO3. The maximum absolute atomic E-state index is 12.9. The molecule has 1 amide bonds. The SMILES string of the molecule is Cc1ccc(-c2ccccc2CNC(=O)c2ccc(C3C=CC(Cl)=CC3)cc2Cl)cc1C(=O)O. The van der Waals surface area contributed by atoms with Crippen molar-refractivity contribution in [2.24, 2.45) is 0 Å².